The van der Waals surface area contributed by atoms with Gasteiger partial charge in [0.15, 0.2) is 0 Å². The van der Waals surface area contributed by atoms with Crippen LogP contribution in [0.5, 0.6) is 5.75 Å². The highest BCUT2D eigenvalue weighted by Crippen LogP contribution is 2.49. The third-order valence-electron chi connectivity index (χ3n) is 4.75. The molecule has 1 fully saturated rings. The summed E-state index contributed by atoms with van der Waals surface area (Å²) in [7, 11) is 0. The molecule has 3 N–H and O–H groups in total. The Hall–Kier alpha value is -0.540. The van der Waals surface area contributed by atoms with E-state index < -0.39 is 0 Å². The fourth-order valence-electron chi connectivity index (χ4n) is 3.56. The molecule has 2 aliphatic rings. The molecule has 0 unspecified atom stereocenters. The van der Waals surface area contributed by atoms with Crippen LogP contribution in [0.4, 0.5) is 0 Å². The van der Waals surface area contributed by atoms with Crippen molar-refractivity contribution < 1.29 is 5.11 Å². The van der Waals surface area contributed by atoms with E-state index in [1.165, 1.54) is 36.0 Å². The molecule has 2 nitrogen and oxygen atoms in total. The summed E-state index contributed by atoms with van der Waals surface area (Å²) in [5, 5.41) is 10.5. The Balaban J connectivity index is 2.23. The van der Waals surface area contributed by atoms with Crippen molar-refractivity contribution in [3.63, 3.8) is 0 Å². The van der Waals surface area contributed by atoms with E-state index in [0.29, 0.717) is 5.75 Å². The molecule has 0 spiro atoms. The zero-order chi connectivity index (χ0) is 12.9. The van der Waals surface area contributed by atoms with E-state index >= 15 is 0 Å². The fraction of sp³-hybridized carbons (Fsp3) is 0.600. The van der Waals surface area contributed by atoms with Gasteiger partial charge in [-0.3, -0.25) is 0 Å². The summed E-state index contributed by atoms with van der Waals surface area (Å²) < 4.78 is 0.898. The summed E-state index contributed by atoms with van der Waals surface area (Å²) in [6, 6.07) is 0. The first-order valence-corrected chi connectivity index (χ1v) is 7.66. The van der Waals surface area contributed by atoms with Crippen LogP contribution < -0.4 is 5.73 Å². The monoisotopic (exact) mass is 309 g/mol. The van der Waals surface area contributed by atoms with Crippen molar-refractivity contribution in [2.75, 3.05) is 0 Å². The van der Waals surface area contributed by atoms with Gasteiger partial charge in [0.2, 0.25) is 0 Å². The summed E-state index contributed by atoms with van der Waals surface area (Å²) in [6.07, 6.45) is 7.83. The van der Waals surface area contributed by atoms with Gasteiger partial charge in [0.1, 0.15) is 5.75 Å². The first kappa shape index (κ1) is 12.5. The van der Waals surface area contributed by atoms with Crippen molar-refractivity contribution in [3.05, 3.63) is 26.7 Å². The molecule has 3 heteroatoms. The molecule has 0 radical (unpaired) electrons. The average Bonchev–Trinajstić information content (AvgIpc) is 2.34. The second-order valence-electron chi connectivity index (χ2n) is 5.84. The number of aromatic hydroxyl groups is 1. The highest BCUT2D eigenvalue weighted by molar-refractivity contribution is 9.10. The van der Waals surface area contributed by atoms with Gasteiger partial charge in [-0.1, -0.05) is 0 Å². The Labute approximate surface area is 117 Å². The van der Waals surface area contributed by atoms with E-state index in [0.717, 1.165) is 35.7 Å². The topological polar surface area (TPSA) is 46.2 Å². The first-order chi connectivity index (χ1) is 8.54. The van der Waals surface area contributed by atoms with Crippen LogP contribution >= 0.6 is 15.9 Å². The van der Waals surface area contributed by atoms with Crippen LogP contribution in [0.15, 0.2) is 4.47 Å². The number of benzene rings is 1. The molecular weight excluding hydrogens is 290 g/mol. The quantitative estimate of drug-likeness (QED) is 0.831. The van der Waals surface area contributed by atoms with Crippen molar-refractivity contribution >= 4 is 15.9 Å². The lowest BCUT2D eigenvalue weighted by atomic mass is 9.69. The SMILES string of the molecule is Cc1c2c(c(Br)c(O)c1C1(N)CCC1)CCCC2. The lowest BCUT2D eigenvalue weighted by Crippen LogP contribution is -2.44. The zero-order valence-corrected chi connectivity index (χ0v) is 12.4. The van der Waals surface area contributed by atoms with Crippen LogP contribution in [0.2, 0.25) is 0 Å². The minimum atomic E-state index is -0.289. The number of phenols is 1. The minimum absolute atomic E-state index is 0.289. The maximum Gasteiger partial charge on any atom is 0.135 e. The summed E-state index contributed by atoms with van der Waals surface area (Å²) >= 11 is 3.59. The first-order valence-electron chi connectivity index (χ1n) is 6.87. The molecule has 0 amide bonds. The van der Waals surface area contributed by atoms with Crippen LogP contribution in [0.25, 0.3) is 0 Å². The second kappa shape index (κ2) is 4.24. The number of halogens is 1. The molecule has 18 heavy (non-hydrogen) atoms. The molecule has 0 bridgehead atoms. The Kier molecular flexibility index (Phi) is 2.94. The largest absolute Gasteiger partial charge is 0.506 e. The Bertz CT molecular complexity index is 506. The van der Waals surface area contributed by atoms with E-state index in [1.54, 1.807) is 0 Å². The molecule has 98 valence electrons. The Morgan fingerprint density at radius 2 is 1.72 bits per heavy atom. The number of phenolic OH excluding ortho intramolecular Hbond substituents is 1. The second-order valence-corrected chi connectivity index (χ2v) is 6.63. The lowest BCUT2D eigenvalue weighted by molar-refractivity contribution is 0.243. The highest BCUT2D eigenvalue weighted by atomic mass is 79.9. The average molecular weight is 310 g/mol. The molecule has 2 aliphatic carbocycles. The number of hydrogen-bond donors (Lipinski definition) is 2. The van der Waals surface area contributed by atoms with Gasteiger partial charge < -0.3 is 10.8 Å². The lowest BCUT2D eigenvalue weighted by Gasteiger charge is -2.41. The van der Waals surface area contributed by atoms with Crippen molar-refractivity contribution in [3.8, 4) is 5.75 Å². The van der Waals surface area contributed by atoms with Crippen molar-refractivity contribution in [2.45, 2.75) is 57.4 Å². The Morgan fingerprint density at radius 3 is 2.28 bits per heavy atom. The third-order valence-corrected chi connectivity index (χ3v) is 5.60. The molecule has 1 aromatic rings. The molecule has 0 saturated heterocycles. The van der Waals surface area contributed by atoms with Crippen LogP contribution in [-0.2, 0) is 18.4 Å². The van der Waals surface area contributed by atoms with E-state index in [-0.39, 0.29) is 5.54 Å². The van der Waals surface area contributed by atoms with Gasteiger partial charge in [0.25, 0.3) is 0 Å². The van der Waals surface area contributed by atoms with E-state index in [4.69, 9.17) is 5.73 Å². The maximum atomic E-state index is 10.5. The summed E-state index contributed by atoms with van der Waals surface area (Å²) in [4.78, 5) is 0. The highest BCUT2D eigenvalue weighted by Gasteiger charge is 2.39. The maximum absolute atomic E-state index is 10.5. The van der Waals surface area contributed by atoms with Crippen molar-refractivity contribution in [2.24, 2.45) is 5.73 Å². The molecule has 0 atom stereocenters. The van der Waals surface area contributed by atoms with E-state index in [1.807, 2.05) is 0 Å². The Morgan fingerprint density at radius 1 is 1.11 bits per heavy atom. The van der Waals surface area contributed by atoms with Gasteiger partial charge in [-0.05, 0) is 84.5 Å². The minimum Gasteiger partial charge on any atom is -0.506 e. The van der Waals surface area contributed by atoms with E-state index in [9.17, 15) is 5.11 Å². The predicted molar refractivity (Wildman–Crippen MR) is 76.9 cm³/mol. The third kappa shape index (κ3) is 1.64. The number of fused-ring (bicyclic) bond motifs is 1. The summed E-state index contributed by atoms with van der Waals surface area (Å²) in [5.41, 5.74) is 11.1. The predicted octanol–water partition coefficient (Wildman–Crippen LogP) is 3.68. The summed E-state index contributed by atoms with van der Waals surface area (Å²) in [5.74, 6) is 0.398. The molecule has 0 heterocycles. The van der Waals surface area contributed by atoms with Crippen LogP contribution in [-0.4, -0.2) is 5.11 Å². The molecule has 1 saturated carbocycles. The van der Waals surface area contributed by atoms with Crippen LogP contribution in [0, 0.1) is 6.92 Å². The van der Waals surface area contributed by atoms with Gasteiger partial charge in [-0.15, -0.1) is 0 Å². The smallest absolute Gasteiger partial charge is 0.135 e. The standard InChI is InChI=1S/C15H20BrNO/c1-9-10-5-2-3-6-11(10)13(16)14(18)12(9)15(17)7-4-8-15/h18H,2-8,17H2,1H3. The van der Waals surface area contributed by atoms with Gasteiger partial charge in [-0.25, -0.2) is 0 Å². The number of hydrogen-bond acceptors (Lipinski definition) is 2. The zero-order valence-electron chi connectivity index (χ0n) is 10.9. The molecule has 0 aliphatic heterocycles. The van der Waals surface area contributed by atoms with E-state index in [2.05, 4.69) is 22.9 Å². The molecule has 3 rings (SSSR count). The van der Waals surface area contributed by atoms with Crippen molar-refractivity contribution in [1.82, 2.24) is 0 Å². The van der Waals surface area contributed by atoms with Crippen LogP contribution in [0.1, 0.15) is 54.4 Å². The molecular formula is C15H20BrNO. The number of nitrogens with two attached hydrogens (primary N) is 1. The van der Waals surface area contributed by atoms with Gasteiger partial charge in [-0.2, -0.15) is 0 Å². The van der Waals surface area contributed by atoms with Gasteiger partial charge in [0, 0.05) is 11.1 Å². The number of rotatable bonds is 1. The van der Waals surface area contributed by atoms with Crippen molar-refractivity contribution in [1.29, 1.82) is 0 Å². The normalized spacial score (nSPS) is 21.3. The molecule has 0 aromatic heterocycles. The van der Waals surface area contributed by atoms with Gasteiger partial charge in [0.05, 0.1) is 4.47 Å². The van der Waals surface area contributed by atoms with Crippen LogP contribution in [0.3, 0.4) is 0 Å². The van der Waals surface area contributed by atoms with Gasteiger partial charge >= 0.3 is 0 Å². The summed E-state index contributed by atoms with van der Waals surface area (Å²) in [6.45, 7) is 2.14. The molecule has 1 aromatic carbocycles. The fourth-order valence-corrected chi connectivity index (χ4v) is 4.20.